The van der Waals surface area contributed by atoms with Gasteiger partial charge >= 0.3 is 11.7 Å². The molecule has 0 unspecified atom stereocenters. The van der Waals surface area contributed by atoms with Crippen molar-refractivity contribution < 1.29 is 14.3 Å². The highest BCUT2D eigenvalue weighted by atomic mass is 16.5. The molecule has 0 spiro atoms. The maximum atomic E-state index is 13.1. The molecule has 12 heteroatoms. The van der Waals surface area contributed by atoms with Crippen molar-refractivity contribution in [1.29, 1.82) is 0 Å². The number of anilines is 2. The first-order valence-electron chi connectivity index (χ1n) is 11.4. The van der Waals surface area contributed by atoms with Gasteiger partial charge in [0.2, 0.25) is 0 Å². The summed E-state index contributed by atoms with van der Waals surface area (Å²) in [5.74, 6) is -0.960. The number of nitrogens with two attached hydrogens (primary N) is 1. The second-order valence-electron chi connectivity index (χ2n) is 7.86. The Kier molecular flexibility index (Phi) is 8.18. The van der Waals surface area contributed by atoms with Gasteiger partial charge < -0.3 is 15.4 Å². The number of unbranched alkanes of at least 4 members (excludes halogenated alkanes) is 1. The van der Waals surface area contributed by atoms with Gasteiger partial charge in [-0.05, 0) is 31.9 Å². The Bertz CT molecular complexity index is 1310. The summed E-state index contributed by atoms with van der Waals surface area (Å²) in [6.45, 7) is 5.29. The van der Waals surface area contributed by atoms with Gasteiger partial charge in [0.1, 0.15) is 11.4 Å². The number of esters is 1. The van der Waals surface area contributed by atoms with Gasteiger partial charge in [-0.25, -0.2) is 19.3 Å². The molecule has 3 N–H and O–H groups in total. The molecule has 3 aromatic heterocycles. The maximum absolute atomic E-state index is 13.1. The van der Waals surface area contributed by atoms with E-state index in [1.165, 1.54) is 20.3 Å². The van der Waals surface area contributed by atoms with E-state index in [9.17, 15) is 19.2 Å². The standard InChI is InChI=1S/C23H29N7O5/c1-4-6-12-28(19-20(24)29(11-5-2)23(34)27-21(19)32)18(31)14-35-22(33)16-13-26-30(15(16)3)17-9-7-8-10-25-17/h7-10,13H,4-6,11-12,14,24H2,1-3H3,(H,27,32,34). The van der Waals surface area contributed by atoms with Crippen molar-refractivity contribution in [2.24, 2.45) is 0 Å². The van der Waals surface area contributed by atoms with Gasteiger partial charge in [0.05, 0.1) is 11.9 Å². The highest BCUT2D eigenvalue weighted by molar-refractivity contribution is 5.98. The summed E-state index contributed by atoms with van der Waals surface area (Å²) in [6.07, 6.45) is 4.86. The Morgan fingerprint density at radius 2 is 1.97 bits per heavy atom. The fourth-order valence-corrected chi connectivity index (χ4v) is 3.56. The Morgan fingerprint density at radius 3 is 2.63 bits per heavy atom. The summed E-state index contributed by atoms with van der Waals surface area (Å²) in [4.78, 5) is 58.1. The van der Waals surface area contributed by atoms with E-state index < -0.39 is 29.7 Å². The molecular weight excluding hydrogens is 454 g/mol. The molecule has 0 aromatic carbocycles. The molecule has 0 aliphatic carbocycles. The van der Waals surface area contributed by atoms with Crippen molar-refractivity contribution in [2.45, 2.75) is 46.6 Å². The second kappa shape index (κ2) is 11.3. The number of pyridine rings is 1. The maximum Gasteiger partial charge on any atom is 0.342 e. The third kappa shape index (κ3) is 5.48. The number of aromatic amines is 1. The molecule has 0 saturated heterocycles. The predicted molar refractivity (Wildman–Crippen MR) is 130 cm³/mol. The number of carbonyl (C=O) groups is 2. The van der Waals surface area contributed by atoms with Crippen LogP contribution in [0.5, 0.6) is 0 Å². The fraction of sp³-hybridized carbons (Fsp3) is 0.391. The lowest BCUT2D eigenvalue weighted by Gasteiger charge is -2.24. The second-order valence-corrected chi connectivity index (χ2v) is 7.86. The van der Waals surface area contributed by atoms with Crippen LogP contribution in [0.3, 0.4) is 0 Å². The zero-order valence-electron chi connectivity index (χ0n) is 20.0. The molecule has 0 atom stereocenters. The molecule has 0 bridgehead atoms. The van der Waals surface area contributed by atoms with Gasteiger partial charge in [0.25, 0.3) is 11.5 Å². The molecule has 3 aromatic rings. The summed E-state index contributed by atoms with van der Waals surface area (Å²) < 4.78 is 7.96. The highest BCUT2D eigenvalue weighted by Gasteiger charge is 2.26. The number of nitrogens with zero attached hydrogens (tertiary/aromatic N) is 5. The molecular formula is C23H29N7O5. The van der Waals surface area contributed by atoms with E-state index >= 15 is 0 Å². The SMILES string of the molecule is CCCCN(C(=O)COC(=O)c1cnn(-c2ccccn2)c1C)c1c(N)n(CCC)c(=O)[nH]c1=O. The van der Waals surface area contributed by atoms with Crippen LogP contribution in [-0.4, -0.2) is 49.3 Å². The number of nitrogen functional groups attached to an aromatic ring is 1. The van der Waals surface area contributed by atoms with E-state index in [1.54, 1.807) is 31.3 Å². The van der Waals surface area contributed by atoms with E-state index in [4.69, 9.17) is 10.5 Å². The van der Waals surface area contributed by atoms with E-state index in [-0.39, 0.29) is 30.2 Å². The number of ether oxygens (including phenoxy) is 1. The van der Waals surface area contributed by atoms with Crippen LogP contribution in [0.1, 0.15) is 49.2 Å². The first-order valence-corrected chi connectivity index (χ1v) is 11.4. The van der Waals surface area contributed by atoms with Gasteiger partial charge in [-0.15, -0.1) is 0 Å². The van der Waals surface area contributed by atoms with Crippen molar-refractivity contribution >= 4 is 23.4 Å². The average molecular weight is 484 g/mol. The van der Waals surface area contributed by atoms with Crippen LogP contribution >= 0.6 is 0 Å². The molecule has 3 rings (SSSR count). The smallest absolute Gasteiger partial charge is 0.342 e. The lowest BCUT2D eigenvalue weighted by molar-refractivity contribution is -0.121. The summed E-state index contributed by atoms with van der Waals surface area (Å²) >= 11 is 0. The fourth-order valence-electron chi connectivity index (χ4n) is 3.56. The van der Waals surface area contributed by atoms with Crippen molar-refractivity contribution in [3.8, 4) is 5.82 Å². The lowest BCUT2D eigenvalue weighted by Crippen LogP contribution is -2.43. The highest BCUT2D eigenvalue weighted by Crippen LogP contribution is 2.19. The normalized spacial score (nSPS) is 10.8. The third-order valence-corrected chi connectivity index (χ3v) is 5.39. The number of hydrogen-bond donors (Lipinski definition) is 2. The first-order chi connectivity index (χ1) is 16.8. The number of nitrogens with one attached hydrogen (secondary N) is 1. The van der Waals surface area contributed by atoms with Crippen LogP contribution in [0.4, 0.5) is 11.5 Å². The molecule has 0 saturated carbocycles. The van der Waals surface area contributed by atoms with Crippen molar-refractivity contribution in [3.05, 3.63) is 62.7 Å². The molecule has 1 amide bonds. The van der Waals surface area contributed by atoms with Crippen LogP contribution in [-0.2, 0) is 16.1 Å². The minimum atomic E-state index is -0.775. The zero-order valence-corrected chi connectivity index (χ0v) is 20.0. The molecule has 0 fully saturated rings. The van der Waals surface area contributed by atoms with E-state index in [1.807, 2.05) is 13.8 Å². The number of H-pyrrole nitrogens is 1. The number of hydrogen-bond acceptors (Lipinski definition) is 8. The number of carbonyl (C=O) groups excluding carboxylic acids is 2. The molecule has 0 aliphatic rings. The van der Waals surface area contributed by atoms with Gasteiger partial charge in [-0.3, -0.25) is 19.1 Å². The topological polar surface area (TPSA) is 158 Å². The summed E-state index contributed by atoms with van der Waals surface area (Å²) in [5.41, 5.74) is 5.25. The third-order valence-electron chi connectivity index (χ3n) is 5.39. The van der Waals surface area contributed by atoms with Crippen LogP contribution in [0.2, 0.25) is 0 Å². The molecule has 35 heavy (non-hydrogen) atoms. The summed E-state index contributed by atoms with van der Waals surface area (Å²) in [5, 5.41) is 4.18. The van der Waals surface area contributed by atoms with Crippen molar-refractivity contribution in [2.75, 3.05) is 23.8 Å². The molecule has 12 nitrogen and oxygen atoms in total. The van der Waals surface area contributed by atoms with Gasteiger partial charge in [-0.1, -0.05) is 26.3 Å². The van der Waals surface area contributed by atoms with E-state index in [2.05, 4.69) is 15.1 Å². The Balaban J connectivity index is 1.83. The molecule has 186 valence electrons. The van der Waals surface area contributed by atoms with Gasteiger partial charge in [0.15, 0.2) is 18.1 Å². The summed E-state index contributed by atoms with van der Waals surface area (Å²) in [7, 11) is 0. The van der Waals surface area contributed by atoms with Crippen molar-refractivity contribution in [3.63, 3.8) is 0 Å². The number of amides is 1. The Morgan fingerprint density at radius 1 is 1.20 bits per heavy atom. The Hall–Kier alpha value is -4.22. The van der Waals surface area contributed by atoms with Crippen LogP contribution in [0.15, 0.2) is 40.2 Å². The van der Waals surface area contributed by atoms with Gasteiger partial charge in [0, 0.05) is 19.3 Å². The average Bonchev–Trinajstić information content (AvgIpc) is 3.23. The minimum absolute atomic E-state index is 0.108. The Labute approximate surface area is 201 Å². The zero-order chi connectivity index (χ0) is 25.5. The quantitative estimate of drug-likeness (QED) is 0.410. The number of aromatic nitrogens is 5. The van der Waals surface area contributed by atoms with Crippen molar-refractivity contribution in [1.82, 2.24) is 24.3 Å². The van der Waals surface area contributed by atoms with Gasteiger partial charge in [-0.2, -0.15) is 5.10 Å². The van der Waals surface area contributed by atoms with E-state index in [0.717, 1.165) is 6.42 Å². The van der Waals surface area contributed by atoms with Crippen LogP contribution in [0, 0.1) is 6.92 Å². The number of rotatable bonds is 10. The van der Waals surface area contributed by atoms with Crippen LogP contribution < -0.4 is 21.9 Å². The lowest BCUT2D eigenvalue weighted by atomic mass is 10.2. The molecule has 0 aliphatic heterocycles. The summed E-state index contributed by atoms with van der Waals surface area (Å²) in [6, 6.07) is 5.30. The monoisotopic (exact) mass is 483 g/mol. The first kappa shape index (κ1) is 25.4. The minimum Gasteiger partial charge on any atom is -0.452 e. The largest absolute Gasteiger partial charge is 0.452 e. The molecule has 3 heterocycles. The van der Waals surface area contributed by atoms with Crippen LogP contribution in [0.25, 0.3) is 5.82 Å². The predicted octanol–water partition coefficient (Wildman–Crippen LogP) is 1.41. The molecule has 0 radical (unpaired) electrons. The van der Waals surface area contributed by atoms with E-state index in [0.29, 0.717) is 24.4 Å².